The van der Waals surface area contributed by atoms with Crippen LogP contribution in [0.25, 0.3) is 0 Å². The molecular weight excluding hydrogens is 282 g/mol. The Morgan fingerprint density at radius 2 is 1.95 bits per heavy atom. The summed E-state index contributed by atoms with van der Waals surface area (Å²) in [5, 5.41) is 21.5. The maximum Gasteiger partial charge on any atom is 0.304 e. The van der Waals surface area contributed by atoms with E-state index in [-0.39, 0.29) is 24.0 Å². The van der Waals surface area contributed by atoms with Crippen LogP contribution in [0, 0.1) is 11.3 Å². The zero-order valence-corrected chi connectivity index (χ0v) is 12.8. The van der Waals surface area contributed by atoms with Gasteiger partial charge in [-0.2, -0.15) is 0 Å². The number of benzene rings is 1. The molecule has 0 aromatic heterocycles. The minimum Gasteiger partial charge on any atom is -0.508 e. The Labute approximate surface area is 130 Å². The number of hydrogen-bond donors (Lipinski definition) is 3. The van der Waals surface area contributed by atoms with Crippen molar-refractivity contribution in [1.29, 1.82) is 0 Å². The van der Waals surface area contributed by atoms with Gasteiger partial charge in [0.15, 0.2) is 0 Å². The molecule has 5 heteroatoms. The molecule has 120 valence electrons. The second kappa shape index (κ2) is 6.81. The maximum atomic E-state index is 12.7. The number of rotatable bonds is 5. The molecule has 3 N–H and O–H groups in total. The smallest absolute Gasteiger partial charge is 0.304 e. The molecule has 0 saturated heterocycles. The molecule has 0 bridgehead atoms. The summed E-state index contributed by atoms with van der Waals surface area (Å²) < 4.78 is 0. The van der Waals surface area contributed by atoms with Gasteiger partial charge in [-0.25, -0.2) is 0 Å². The Kier molecular flexibility index (Phi) is 5.06. The highest BCUT2D eigenvalue weighted by molar-refractivity contribution is 5.97. The second-order valence-corrected chi connectivity index (χ2v) is 6.33. The van der Waals surface area contributed by atoms with Gasteiger partial charge in [0.25, 0.3) is 0 Å². The lowest BCUT2D eigenvalue weighted by Crippen LogP contribution is -2.42. The molecule has 1 amide bonds. The first-order valence-corrected chi connectivity index (χ1v) is 7.74. The van der Waals surface area contributed by atoms with Crippen molar-refractivity contribution >= 4 is 17.6 Å². The third-order valence-electron chi connectivity index (χ3n) is 4.65. The normalized spacial score (nSPS) is 18.4. The predicted molar refractivity (Wildman–Crippen MR) is 83.7 cm³/mol. The molecule has 1 atom stereocenters. The van der Waals surface area contributed by atoms with Crippen LogP contribution >= 0.6 is 0 Å². The Balaban J connectivity index is 2.19. The molecule has 0 heterocycles. The van der Waals surface area contributed by atoms with Crippen molar-refractivity contribution in [2.45, 2.75) is 45.4 Å². The quantitative estimate of drug-likeness (QED) is 0.778. The maximum absolute atomic E-state index is 12.7. The van der Waals surface area contributed by atoms with Crippen LogP contribution in [0.5, 0.6) is 5.75 Å². The Morgan fingerprint density at radius 1 is 1.27 bits per heavy atom. The van der Waals surface area contributed by atoms with Crippen molar-refractivity contribution < 1.29 is 19.8 Å². The Hall–Kier alpha value is -2.04. The molecule has 5 nitrogen and oxygen atoms in total. The molecule has 0 aliphatic heterocycles. The van der Waals surface area contributed by atoms with Gasteiger partial charge in [-0.15, -0.1) is 0 Å². The van der Waals surface area contributed by atoms with E-state index in [1.165, 1.54) is 12.1 Å². The molecule has 1 saturated carbocycles. The predicted octanol–water partition coefficient (Wildman–Crippen LogP) is 3.39. The lowest BCUT2D eigenvalue weighted by molar-refractivity contribution is -0.145. The lowest BCUT2D eigenvalue weighted by atomic mass is 9.67. The molecule has 1 aliphatic rings. The van der Waals surface area contributed by atoms with E-state index in [0.29, 0.717) is 5.69 Å². The Bertz CT molecular complexity index is 551. The van der Waals surface area contributed by atoms with E-state index in [1.807, 2.05) is 0 Å². The highest BCUT2D eigenvalue weighted by Gasteiger charge is 2.43. The molecule has 1 unspecified atom stereocenters. The minimum absolute atomic E-state index is 0.0652. The number of carbonyl (C=O) groups is 2. The molecule has 2 rings (SSSR count). The molecule has 1 fully saturated rings. The van der Waals surface area contributed by atoms with Crippen molar-refractivity contribution in [1.82, 2.24) is 0 Å². The summed E-state index contributed by atoms with van der Waals surface area (Å²) in [6.07, 6.45) is 4.82. The van der Waals surface area contributed by atoms with Crippen LogP contribution < -0.4 is 5.32 Å². The molecule has 22 heavy (non-hydrogen) atoms. The largest absolute Gasteiger partial charge is 0.508 e. The number of phenols is 1. The summed E-state index contributed by atoms with van der Waals surface area (Å²) in [4.78, 5) is 24.0. The highest BCUT2D eigenvalue weighted by Crippen LogP contribution is 2.42. The van der Waals surface area contributed by atoms with Gasteiger partial charge in [0.2, 0.25) is 5.91 Å². The first kappa shape index (κ1) is 16.3. The van der Waals surface area contributed by atoms with E-state index in [9.17, 15) is 19.8 Å². The average molecular weight is 305 g/mol. The number of nitrogens with one attached hydrogen (secondary N) is 1. The number of phenolic OH excluding ortho intramolecular Hbond substituents is 1. The summed E-state index contributed by atoms with van der Waals surface area (Å²) >= 11 is 0. The van der Waals surface area contributed by atoms with Crippen LogP contribution in [-0.4, -0.2) is 22.1 Å². The topological polar surface area (TPSA) is 86.6 Å². The first-order valence-electron chi connectivity index (χ1n) is 7.74. The average Bonchev–Trinajstić information content (AvgIpc) is 2.47. The zero-order chi connectivity index (χ0) is 16.2. The molecule has 1 aliphatic carbocycles. The molecule has 0 radical (unpaired) electrons. The number of aliphatic carboxylic acids is 1. The van der Waals surface area contributed by atoms with Gasteiger partial charge >= 0.3 is 5.97 Å². The second-order valence-electron chi connectivity index (χ2n) is 6.33. The van der Waals surface area contributed by atoms with Gasteiger partial charge in [-0.1, -0.05) is 25.3 Å². The van der Waals surface area contributed by atoms with Crippen molar-refractivity contribution in [3.8, 4) is 5.75 Å². The summed E-state index contributed by atoms with van der Waals surface area (Å²) in [7, 11) is 0. The zero-order valence-electron chi connectivity index (χ0n) is 12.8. The van der Waals surface area contributed by atoms with E-state index < -0.39 is 11.4 Å². The fourth-order valence-corrected chi connectivity index (χ4v) is 3.32. The first-order chi connectivity index (χ1) is 10.4. The number of carboxylic acids is 1. The van der Waals surface area contributed by atoms with Crippen molar-refractivity contribution in [2.24, 2.45) is 11.3 Å². The minimum atomic E-state index is -0.959. The SMILES string of the molecule is CC(CC(=O)O)(C(=O)Nc1cccc(O)c1)C1CCCCC1. The summed E-state index contributed by atoms with van der Waals surface area (Å²) in [5.41, 5.74) is -0.449. The van der Waals surface area contributed by atoms with Gasteiger partial charge in [0, 0.05) is 11.8 Å². The van der Waals surface area contributed by atoms with Crippen LogP contribution in [0.15, 0.2) is 24.3 Å². The monoisotopic (exact) mass is 305 g/mol. The number of amides is 1. The number of aromatic hydroxyl groups is 1. The third kappa shape index (κ3) is 3.78. The van der Waals surface area contributed by atoms with Crippen molar-refractivity contribution in [3.05, 3.63) is 24.3 Å². The summed E-state index contributed by atoms with van der Waals surface area (Å²) in [5.74, 6) is -1.10. The number of anilines is 1. The van der Waals surface area contributed by atoms with E-state index in [1.54, 1.807) is 19.1 Å². The standard InChI is InChI=1S/C17H23NO4/c1-17(11-15(20)21,12-6-3-2-4-7-12)16(22)18-13-8-5-9-14(19)10-13/h5,8-10,12,19H,2-4,6-7,11H2,1H3,(H,18,22)(H,20,21). The summed E-state index contributed by atoms with van der Waals surface area (Å²) in [6.45, 7) is 1.75. The van der Waals surface area contributed by atoms with Gasteiger partial charge in [-0.3, -0.25) is 9.59 Å². The number of carboxylic acid groups (broad SMARTS) is 1. The van der Waals surface area contributed by atoms with Crippen LogP contribution in [0.2, 0.25) is 0 Å². The van der Waals surface area contributed by atoms with Gasteiger partial charge in [0.05, 0.1) is 11.8 Å². The molecule has 1 aromatic carbocycles. The lowest BCUT2D eigenvalue weighted by Gasteiger charge is -2.37. The van der Waals surface area contributed by atoms with Crippen LogP contribution in [0.4, 0.5) is 5.69 Å². The van der Waals surface area contributed by atoms with Gasteiger partial charge in [-0.05, 0) is 37.8 Å². The summed E-state index contributed by atoms with van der Waals surface area (Å²) in [6, 6.07) is 6.30. The van der Waals surface area contributed by atoms with E-state index in [2.05, 4.69) is 5.32 Å². The molecular formula is C17H23NO4. The van der Waals surface area contributed by atoms with Crippen molar-refractivity contribution in [2.75, 3.05) is 5.32 Å². The van der Waals surface area contributed by atoms with Crippen LogP contribution in [0.3, 0.4) is 0 Å². The van der Waals surface area contributed by atoms with Gasteiger partial charge < -0.3 is 15.5 Å². The molecule has 1 aromatic rings. The van der Waals surface area contributed by atoms with E-state index in [0.717, 1.165) is 32.1 Å². The van der Waals surface area contributed by atoms with Gasteiger partial charge in [0.1, 0.15) is 5.75 Å². The van der Waals surface area contributed by atoms with Crippen LogP contribution in [-0.2, 0) is 9.59 Å². The van der Waals surface area contributed by atoms with Crippen molar-refractivity contribution in [3.63, 3.8) is 0 Å². The highest BCUT2D eigenvalue weighted by atomic mass is 16.4. The number of carbonyl (C=O) groups excluding carboxylic acids is 1. The third-order valence-corrected chi connectivity index (χ3v) is 4.65. The number of hydrogen-bond acceptors (Lipinski definition) is 3. The molecule has 0 spiro atoms. The Morgan fingerprint density at radius 3 is 2.55 bits per heavy atom. The fourth-order valence-electron chi connectivity index (χ4n) is 3.32. The fraction of sp³-hybridized carbons (Fsp3) is 0.529. The van der Waals surface area contributed by atoms with E-state index >= 15 is 0 Å². The van der Waals surface area contributed by atoms with E-state index in [4.69, 9.17) is 0 Å². The van der Waals surface area contributed by atoms with Crippen LogP contribution in [0.1, 0.15) is 45.4 Å².